The molecule has 0 aromatic heterocycles. The van der Waals surface area contributed by atoms with E-state index in [-0.39, 0.29) is 30.4 Å². The summed E-state index contributed by atoms with van der Waals surface area (Å²) in [7, 11) is 0. The number of amides is 2. The zero-order valence-electron chi connectivity index (χ0n) is 11.5. The highest BCUT2D eigenvalue weighted by Crippen LogP contribution is 2.11. The van der Waals surface area contributed by atoms with Gasteiger partial charge in [0.15, 0.2) is 0 Å². The predicted molar refractivity (Wildman–Crippen MR) is 73.7 cm³/mol. The Morgan fingerprint density at radius 3 is 2.26 bits per heavy atom. The molecule has 0 aliphatic rings. The first-order chi connectivity index (χ1) is 8.76. The number of primary amides is 1. The number of nitrogens with one attached hydrogen (secondary N) is 1. The van der Waals surface area contributed by atoms with Crippen LogP contribution in [-0.4, -0.2) is 24.0 Å². The van der Waals surface area contributed by atoms with Crippen molar-refractivity contribution in [2.45, 2.75) is 32.8 Å². The molecule has 5 nitrogen and oxygen atoms in total. The summed E-state index contributed by atoms with van der Waals surface area (Å²) < 4.78 is 5.37. The molecule has 1 rings (SSSR count). The van der Waals surface area contributed by atoms with Crippen LogP contribution in [0.1, 0.15) is 26.3 Å². The number of hydrogen-bond acceptors (Lipinski definition) is 3. The summed E-state index contributed by atoms with van der Waals surface area (Å²) >= 11 is 0. The number of benzene rings is 1. The lowest BCUT2D eigenvalue weighted by Crippen LogP contribution is -2.27. The molecule has 0 atom stereocenters. The second-order valence-corrected chi connectivity index (χ2v) is 5.29. The Morgan fingerprint density at radius 2 is 1.79 bits per heavy atom. The number of nitrogens with two attached hydrogens (primary N) is 1. The summed E-state index contributed by atoms with van der Waals surface area (Å²) in [5, 5.41) is 2.71. The predicted octanol–water partition coefficient (Wildman–Crippen LogP) is 1.47. The fourth-order valence-corrected chi connectivity index (χ4v) is 1.39. The first-order valence-corrected chi connectivity index (χ1v) is 6.07. The highest BCUT2D eigenvalue weighted by Gasteiger charge is 2.12. The van der Waals surface area contributed by atoms with Crippen molar-refractivity contribution >= 4 is 17.5 Å². The maximum Gasteiger partial charge on any atom is 0.250 e. The van der Waals surface area contributed by atoms with Gasteiger partial charge in [-0.1, -0.05) is 12.1 Å². The Labute approximate surface area is 113 Å². The van der Waals surface area contributed by atoms with E-state index in [0.717, 1.165) is 5.56 Å². The van der Waals surface area contributed by atoms with Gasteiger partial charge in [-0.15, -0.1) is 0 Å². The van der Waals surface area contributed by atoms with Crippen molar-refractivity contribution in [3.05, 3.63) is 29.8 Å². The third-order valence-corrected chi connectivity index (χ3v) is 2.25. The van der Waals surface area contributed by atoms with Crippen molar-refractivity contribution in [2.75, 3.05) is 11.9 Å². The van der Waals surface area contributed by atoms with E-state index in [1.54, 1.807) is 24.3 Å². The average molecular weight is 264 g/mol. The molecule has 104 valence electrons. The van der Waals surface area contributed by atoms with Crippen LogP contribution in [0, 0.1) is 0 Å². The molecule has 1 aromatic rings. The topological polar surface area (TPSA) is 81.4 Å². The van der Waals surface area contributed by atoms with E-state index in [4.69, 9.17) is 10.5 Å². The van der Waals surface area contributed by atoms with E-state index in [1.807, 2.05) is 20.8 Å². The van der Waals surface area contributed by atoms with Crippen LogP contribution in [0.25, 0.3) is 0 Å². The summed E-state index contributed by atoms with van der Waals surface area (Å²) in [6.07, 6.45) is 0.196. The van der Waals surface area contributed by atoms with E-state index in [2.05, 4.69) is 5.32 Å². The summed E-state index contributed by atoms with van der Waals surface area (Å²) in [6, 6.07) is 6.97. The first-order valence-electron chi connectivity index (χ1n) is 6.07. The first kappa shape index (κ1) is 15.2. The summed E-state index contributed by atoms with van der Waals surface area (Å²) in [6.45, 7) is 5.67. The third-order valence-electron chi connectivity index (χ3n) is 2.25. The highest BCUT2D eigenvalue weighted by molar-refractivity contribution is 5.91. The minimum absolute atomic E-state index is 0.00649. The van der Waals surface area contributed by atoms with Crippen molar-refractivity contribution in [2.24, 2.45) is 5.73 Å². The van der Waals surface area contributed by atoms with Gasteiger partial charge in [0.05, 0.1) is 12.0 Å². The molecular weight excluding hydrogens is 244 g/mol. The molecule has 0 aliphatic carbocycles. The molecule has 0 saturated heterocycles. The lowest BCUT2D eigenvalue weighted by molar-refractivity contribution is -0.125. The van der Waals surface area contributed by atoms with Crippen molar-refractivity contribution in [1.82, 2.24) is 0 Å². The molecular formula is C14H20N2O3. The molecule has 0 bridgehead atoms. The van der Waals surface area contributed by atoms with Gasteiger partial charge in [-0.2, -0.15) is 0 Å². The Morgan fingerprint density at radius 1 is 1.21 bits per heavy atom. The van der Waals surface area contributed by atoms with Crippen molar-refractivity contribution in [3.8, 4) is 0 Å². The summed E-state index contributed by atoms with van der Waals surface area (Å²) in [5.41, 5.74) is 6.23. The molecule has 0 radical (unpaired) electrons. The minimum atomic E-state index is -0.379. The molecule has 19 heavy (non-hydrogen) atoms. The standard InChI is InChI=1S/C14H20N2O3/c1-14(2,3)19-9-13(18)16-11-6-4-10(5-7-11)8-12(15)17/h4-7H,8-9H2,1-3H3,(H2,15,17)(H,16,18). The van der Waals surface area contributed by atoms with E-state index in [1.165, 1.54) is 0 Å². The van der Waals surface area contributed by atoms with E-state index in [0.29, 0.717) is 5.69 Å². The van der Waals surface area contributed by atoms with Crippen LogP contribution in [0.15, 0.2) is 24.3 Å². The molecule has 0 fully saturated rings. The van der Waals surface area contributed by atoms with E-state index >= 15 is 0 Å². The molecule has 0 unspecified atom stereocenters. The van der Waals surface area contributed by atoms with Crippen molar-refractivity contribution in [3.63, 3.8) is 0 Å². The zero-order chi connectivity index (χ0) is 14.5. The number of anilines is 1. The lowest BCUT2D eigenvalue weighted by Gasteiger charge is -2.19. The summed E-state index contributed by atoms with van der Waals surface area (Å²) in [4.78, 5) is 22.4. The van der Waals surface area contributed by atoms with Gasteiger partial charge in [0.2, 0.25) is 11.8 Å². The van der Waals surface area contributed by atoms with Crippen LogP contribution in [0.5, 0.6) is 0 Å². The maximum atomic E-state index is 11.6. The van der Waals surface area contributed by atoms with Crippen LogP contribution >= 0.6 is 0 Å². The van der Waals surface area contributed by atoms with Gasteiger partial charge < -0.3 is 15.8 Å². The van der Waals surface area contributed by atoms with Crippen molar-refractivity contribution in [1.29, 1.82) is 0 Å². The second-order valence-electron chi connectivity index (χ2n) is 5.29. The van der Waals surface area contributed by atoms with Crippen LogP contribution < -0.4 is 11.1 Å². The number of carbonyl (C=O) groups is 2. The quantitative estimate of drug-likeness (QED) is 0.845. The van der Waals surface area contributed by atoms with Gasteiger partial charge in [-0.25, -0.2) is 0 Å². The zero-order valence-corrected chi connectivity index (χ0v) is 11.5. The van der Waals surface area contributed by atoms with Gasteiger partial charge in [0, 0.05) is 5.69 Å². The van der Waals surface area contributed by atoms with Gasteiger partial charge in [0.1, 0.15) is 6.61 Å². The lowest BCUT2D eigenvalue weighted by atomic mass is 10.1. The highest BCUT2D eigenvalue weighted by atomic mass is 16.5. The van der Waals surface area contributed by atoms with Gasteiger partial charge in [-0.3, -0.25) is 9.59 Å². The van der Waals surface area contributed by atoms with Crippen LogP contribution in [-0.2, 0) is 20.7 Å². The Bertz CT molecular complexity index is 447. The molecule has 0 spiro atoms. The van der Waals surface area contributed by atoms with Crippen LogP contribution in [0.2, 0.25) is 0 Å². The van der Waals surface area contributed by atoms with E-state index < -0.39 is 0 Å². The van der Waals surface area contributed by atoms with Gasteiger partial charge >= 0.3 is 0 Å². The normalized spacial score (nSPS) is 11.1. The smallest absolute Gasteiger partial charge is 0.250 e. The molecule has 0 aliphatic heterocycles. The molecule has 3 N–H and O–H groups in total. The van der Waals surface area contributed by atoms with Gasteiger partial charge in [-0.05, 0) is 38.5 Å². The molecule has 0 saturated carbocycles. The van der Waals surface area contributed by atoms with Crippen LogP contribution in [0.4, 0.5) is 5.69 Å². The monoisotopic (exact) mass is 264 g/mol. The molecule has 1 aromatic carbocycles. The van der Waals surface area contributed by atoms with Crippen LogP contribution in [0.3, 0.4) is 0 Å². The summed E-state index contributed by atoms with van der Waals surface area (Å²) in [5.74, 6) is -0.590. The maximum absolute atomic E-state index is 11.6. The number of carbonyl (C=O) groups excluding carboxylic acids is 2. The largest absolute Gasteiger partial charge is 0.369 e. The fraction of sp³-hybridized carbons (Fsp3) is 0.429. The Hall–Kier alpha value is -1.88. The molecule has 2 amide bonds. The fourth-order valence-electron chi connectivity index (χ4n) is 1.39. The molecule has 5 heteroatoms. The Kier molecular flexibility index (Phi) is 5.06. The molecule has 0 heterocycles. The Balaban J connectivity index is 2.49. The number of hydrogen-bond donors (Lipinski definition) is 2. The van der Waals surface area contributed by atoms with Crippen molar-refractivity contribution < 1.29 is 14.3 Å². The second kappa shape index (κ2) is 6.33. The number of rotatable bonds is 5. The minimum Gasteiger partial charge on any atom is -0.369 e. The number of ether oxygens (including phenoxy) is 1. The third kappa shape index (κ3) is 6.57. The average Bonchev–Trinajstić information content (AvgIpc) is 2.28. The van der Waals surface area contributed by atoms with Gasteiger partial charge in [0.25, 0.3) is 0 Å². The SMILES string of the molecule is CC(C)(C)OCC(=O)Nc1ccc(CC(N)=O)cc1. The van der Waals surface area contributed by atoms with E-state index in [9.17, 15) is 9.59 Å².